The van der Waals surface area contributed by atoms with Gasteiger partial charge in [0.05, 0.1) is 18.9 Å². The molecule has 0 radical (unpaired) electrons. The highest BCUT2D eigenvalue weighted by atomic mass is 32.2. The van der Waals surface area contributed by atoms with Gasteiger partial charge >= 0.3 is 5.69 Å². The van der Waals surface area contributed by atoms with E-state index >= 15 is 0 Å². The molecule has 0 fully saturated rings. The fourth-order valence-corrected chi connectivity index (χ4v) is 3.23. The van der Waals surface area contributed by atoms with Crippen LogP contribution in [0.1, 0.15) is 38.3 Å². The average Bonchev–Trinajstić information content (AvgIpc) is 2.97. The number of nitrogens with zero attached hydrogens (tertiary/aromatic N) is 2. The van der Waals surface area contributed by atoms with Crippen molar-refractivity contribution in [1.29, 1.82) is 0 Å². The van der Waals surface area contributed by atoms with Gasteiger partial charge in [0.25, 0.3) is 0 Å². The van der Waals surface area contributed by atoms with Gasteiger partial charge in [0.2, 0.25) is 5.91 Å². The van der Waals surface area contributed by atoms with Crippen molar-refractivity contribution in [3.63, 3.8) is 0 Å². The smallest absolute Gasteiger partial charge is 0.343 e. The minimum absolute atomic E-state index is 0.124. The number of para-hydroxylation sites is 1. The number of unbranched alkanes of at least 4 members (excludes halogenated alkanes) is 1. The fraction of sp³-hybridized carbons (Fsp3) is 0.471. The van der Waals surface area contributed by atoms with E-state index in [9.17, 15) is 9.59 Å². The Hall–Kier alpha value is -2.22. The van der Waals surface area contributed by atoms with Gasteiger partial charge < -0.3 is 10.1 Å². The first-order valence-corrected chi connectivity index (χ1v) is 9.25. The topological polar surface area (TPSA) is 89.0 Å². The molecule has 2 N–H and O–H groups in total. The molecule has 0 aliphatic carbocycles. The van der Waals surface area contributed by atoms with Gasteiger partial charge in [-0.3, -0.25) is 9.36 Å². The summed E-state index contributed by atoms with van der Waals surface area (Å²) in [6.45, 7) is 4.57. The molecular formula is C17H24N4O3S. The third-order valence-electron chi connectivity index (χ3n) is 3.77. The van der Waals surface area contributed by atoms with E-state index in [2.05, 4.69) is 22.4 Å². The molecule has 25 heavy (non-hydrogen) atoms. The van der Waals surface area contributed by atoms with Crippen LogP contribution in [-0.2, 0) is 11.3 Å². The van der Waals surface area contributed by atoms with Crippen LogP contribution < -0.4 is 15.7 Å². The number of carbonyl (C=O) groups is 1. The second-order valence-corrected chi connectivity index (χ2v) is 6.58. The Kier molecular flexibility index (Phi) is 7.12. The number of hydrogen-bond donors (Lipinski definition) is 2. The molecule has 0 spiro atoms. The Labute approximate surface area is 151 Å². The zero-order valence-corrected chi connectivity index (χ0v) is 15.6. The van der Waals surface area contributed by atoms with Crippen LogP contribution >= 0.6 is 11.8 Å². The van der Waals surface area contributed by atoms with Crippen molar-refractivity contribution in [2.75, 3.05) is 12.9 Å². The average molecular weight is 364 g/mol. The van der Waals surface area contributed by atoms with Crippen LogP contribution in [0.15, 0.2) is 34.2 Å². The van der Waals surface area contributed by atoms with E-state index in [0.717, 1.165) is 24.2 Å². The molecule has 2 aromatic rings. The number of thioether (sulfide) groups is 1. The van der Waals surface area contributed by atoms with Crippen molar-refractivity contribution in [1.82, 2.24) is 20.1 Å². The van der Waals surface area contributed by atoms with Crippen LogP contribution in [0, 0.1) is 0 Å². The highest BCUT2D eigenvalue weighted by Gasteiger charge is 2.15. The summed E-state index contributed by atoms with van der Waals surface area (Å²) < 4.78 is 6.90. The third kappa shape index (κ3) is 5.12. The van der Waals surface area contributed by atoms with Crippen LogP contribution in [-0.4, -0.2) is 33.5 Å². The van der Waals surface area contributed by atoms with Crippen LogP contribution in [0.25, 0.3) is 0 Å². The van der Waals surface area contributed by atoms with E-state index in [0.29, 0.717) is 11.7 Å². The van der Waals surface area contributed by atoms with E-state index in [-0.39, 0.29) is 23.4 Å². The largest absolute Gasteiger partial charge is 0.496 e. The molecule has 136 valence electrons. The molecular weight excluding hydrogens is 340 g/mol. The Morgan fingerprint density at radius 2 is 2.20 bits per heavy atom. The summed E-state index contributed by atoms with van der Waals surface area (Å²) >= 11 is 1.25. The summed E-state index contributed by atoms with van der Waals surface area (Å²) in [5, 5.41) is 9.92. The van der Waals surface area contributed by atoms with Gasteiger partial charge in [0.15, 0.2) is 5.16 Å². The zero-order valence-electron chi connectivity index (χ0n) is 14.7. The van der Waals surface area contributed by atoms with E-state index in [1.54, 1.807) is 11.7 Å². The van der Waals surface area contributed by atoms with Gasteiger partial charge in [0, 0.05) is 12.1 Å². The maximum Gasteiger partial charge on any atom is 0.343 e. The van der Waals surface area contributed by atoms with E-state index in [1.165, 1.54) is 11.8 Å². The monoisotopic (exact) mass is 364 g/mol. The number of ether oxygens (including phenoxy) is 1. The lowest BCUT2D eigenvalue weighted by molar-refractivity contribution is -0.119. The molecule has 1 atom stereocenters. The normalized spacial score (nSPS) is 12.0. The predicted molar refractivity (Wildman–Crippen MR) is 98.0 cm³/mol. The molecule has 0 bridgehead atoms. The molecule has 1 aromatic heterocycles. The number of hydrogen-bond acceptors (Lipinski definition) is 5. The molecule has 8 heteroatoms. The highest BCUT2D eigenvalue weighted by Crippen LogP contribution is 2.24. The summed E-state index contributed by atoms with van der Waals surface area (Å²) in [5.74, 6) is 0.806. The summed E-state index contributed by atoms with van der Waals surface area (Å²) in [5.41, 5.74) is 0.682. The van der Waals surface area contributed by atoms with Crippen LogP contribution in [0.2, 0.25) is 0 Å². The Balaban J connectivity index is 1.94. The SMILES string of the molecule is CCCCn1c(SCC(=O)NC(C)c2ccccc2OC)n[nH]c1=O. The number of carbonyl (C=O) groups excluding carboxylic acids is 1. The Morgan fingerprint density at radius 3 is 2.92 bits per heavy atom. The lowest BCUT2D eigenvalue weighted by atomic mass is 10.1. The number of amides is 1. The molecule has 0 aliphatic heterocycles. The quantitative estimate of drug-likeness (QED) is 0.667. The number of aromatic nitrogens is 3. The maximum absolute atomic E-state index is 12.2. The molecule has 0 saturated heterocycles. The number of benzene rings is 1. The van der Waals surface area contributed by atoms with Gasteiger partial charge in [0.1, 0.15) is 5.75 Å². The van der Waals surface area contributed by atoms with E-state index in [1.807, 2.05) is 31.2 Å². The zero-order chi connectivity index (χ0) is 18.2. The fourth-order valence-electron chi connectivity index (χ4n) is 2.44. The van der Waals surface area contributed by atoms with Crippen molar-refractivity contribution in [3.05, 3.63) is 40.3 Å². The summed E-state index contributed by atoms with van der Waals surface area (Å²) in [6.07, 6.45) is 1.88. The van der Waals surface area contributed by atoms with Crippen LogP contribution in [0.3, 0.4) is 0 Å². The maximum atomic E-state index is 12.2. The first-order chi connectivity index (χ1) is 12.1. The van der Waals surface area contributed by atoms with E-state index in [4.69, 9.17) is 4.74 Å². The van der Waals surface area contributed by atoms with Crippen molar-refractivity contribution < 1.29 is 9.53 Å². The second-order valence-electron chi connectivity index (χ2n) is 5.64. The second kappa shape index (κ2) is 9.31. The van der Waals surface area contributed by atoms with Crippen molar-refractivity contribution >= 4 is 17.7 Å². The lowest BCUT2D eigenvalue weighted by Gasteiger charge is -2.17. The minimum Gasteiger partial charge on any atom is -0.496 e. The highest BCUT2D eigenvalue weighted by molar-refractivity contribution is 7.99. The van der Waals surface area contributed by atoms with Gasteiger partial charge in [-0.25, -0.2) is 9.89 Å². The molecule has 1 aromatic carbocycles. The number of aromatic amines is 1. The van der Waals surface area contributed by atoms with Gasteiger partial charge in [-0.1, -0.05) is 43.3 Å². The van der Waals surface area contributed by atoms with Gasteiger partial charge in [-0.2, -0.15) is 0 Å². The molecule has 1 heterocycles. The molecule has 1 amide bonds. The molecule has 0 aliphatic rings. The molecule has 1 unspecified atom stereocenters. The predicted octanol–water partition coefficient (Wildman–Crippen LogP) is 2.35. The number of methoxy groups -OCH3 is 1. The summed E-state index contributed by atoms with van der Waals surface area (Å²) in [7, 11) is 1.61. The Bertz CT molecular complexity index is 756. The van der Waals surface area contributed by atoms with Crippen LogP contribution in [0.5, 0.6) is 5.75 Å². The van der Waals surface area contributed by atoms with Crippen molar-refractivity contribution in [2.24, 2.45) is 0 Å². The molecule has 7 nitrogen and oxygen atoms in total. The minimum atomic E-state index is -0.237. The summed E-state index contributed by atoms with van der Waals surface area (Å²) in [6, 6.07) is 7.41. The number of rotatable bonds is 9. The van der Waals surface area contributed by atoms with Crippen molar-refractivity contribution in [2.45, 2.75) is 44.4 Å². The first-order valence-electron chi connectivity index (χ1n) is 8.27. The summed E-state index contributed by atoms with van der Waals surface area (Å²) in [4.78, 5) is 24.0. The van der Waals surface area contributed by atoms with Gasteiger partial charge in [-0.05, 0) is 19.4 Å². The lowest BCUT2D eigenvalue weighted by Crippen LogP contribution is -2.28. The first kappa shape index (κ1) is 19.1. The number of H-pyrrole nitrogens is 1. The van der Waals surface area contributed by atoms with Gasteiger partial charge in [-0.15, -0.1) is 5.10 Å². The van der Waals surface area contributed by atoms with Crippen molar-refractivity contribution in [3.8, 4) is 5.75 Å². The third-order valence-corrected chi connectivity index (χ3v) is 4.75. The standard InChI is InChI=1S/C17H24N4O3S/c1-4-5-10-21-16(23)19-20-17(21)25-11-15(22)18-12(2)13-8-6-7-9-14(13)24-3/h6-9,12H,4-5,10-11H2,1-3H3,(H,18,22)(H,19,23). The van der Waals surface area contributed by atoms with Crippen LogP contribution in [0.4, 0.5) is 0 Å². The molecule has 0 saturated carbocycles. The van der Waals surface area contributed by atoms with E-state index < -0.39 is 0 Å². The molecule has 2 rings (SSSR count). The number of nitrogens with one attached hydrogen (secondary N) is 2. The Morgan fingerprint density at radius 1 is 1.44 bits per heavy atom.